The van der Waals surface area contributed by atoms with Crippen LogP contribution in [-0.2, 0) is 0 Å². The van der Waals surface area contributed by atoms with E-state index in [-0.39, 0.29) is 0 Å². The number of aromatic nitrogens is 2. The van der Waals surface area contributed by atoms with Crippen molar-refractivity contribution in [2.24, 2.45) is 0 Å². The number of para-hydroxylation sites is 3. The van der Waals surface area contributed by atoms with Gasteiger partial charge < -0.3 is 9.13 Å². The van der Waals surface area contributed by atoms with E-state index in [9.17, 15) is 0 Å². The van der Waals surface area contributed by atoms with Gasteiger partial charge in [-0.25, -0.2) is 0 Å². The quantitative estimate of drug-likeness (QED) is 0.213. The summed E-state index contributed by atoms with van der Waals surface area (Å²) in [6.07, 6.45) is 0. The predicted octanol–water partition coefficient (Wildman–Crippen LogP) is 10.7. The topological polar surface area (TPSA) is 9.86 Å². The fraction of sp³-hybridized carbons (Fsp3) is 0. The van der Waals surface area contributed by atoms with Crippen molar-refractivity contribution < 1.29 is 0 Å². The molecule has 0 amide bonds. The van der Waals surface area contributed by atoms with Crippen molar-refractivity contribution in [1.82, 2.24) is 9.13 Å². The molecule has 0 N–H and O–H groups in total. The monoisotopic (exact) mass is 534 g/mol. The molecule has 196 valence electrons. The molecule has 2 aromatic heterocycles. The minimum atomic E-state index is 1.17. The number of benzene rings is 7. The van der Waals surface area contributed by atoms with Crippen molar-refractivity contribution in [2.75, 3.05) is 0 Å². The lowest BCUT2D eigenvalue weighted by molar-refractivity contribution is 1.18. The van der Waals surface area contributed by atoms with E-state index in [2.05, 4.69) is 167 Å². The zero-order chi connectivity index (χ0) is 27.6. The Morgan fingerprint density at radius 1 is 0.286 bits per heavy atom. The molecule has 2 heterocycles. The van der Waals surface area contributed by atoms with Gasteiger partial charge in [0.2, 0.25) is 0 Å². The average Bonchev–Trinajstić information content (AvgIpc) is 3.55. The molecular formula is C40H26N2. The van der Waals surface area contributed by atoms with Crippen molar-refractivity contribution >= 4 is 54.4 Å². The molecule has 0 bridgehead atoms. The van der Waals surface area contributed by atoms with Crippen LogP contribution in [0.3, 0.4) is 0 Å². The van der Waals surface area contributed by atoms with Crippen LogP contribution in [0.25, 0.3) is 76.9 Å². The molecule has 0 saturated heterocycles. The van der Waals surface area contributed by atoms with Gasteiger partial charge in [-0.05, 0) is 82.6 Å². The second kappa shape index (κ2) is 8.95. The Bertz CT molecular complexity index is 2430. The number of nitrogens with zero attached hydrogens (tertiary/aromatic N) is 2. The van der Waals surface area contributed by atoms with Crippen LogP contribution in [0.1, 0.15) is 0 Å². The molecule has 9 rings (SSSR count). The van der Waals surface area contributed by atoms with E-state index in [1.165, 1.54) is 76.9 Å². The van der Waals surface area contributed by atoms with Gasteiger partial charge in [0.05, 0.1) is 22.1 Å². The molecule has 2 heteroatoms. The van der Waals surface area contributed by atoms with Gasteiger partial charge in [-0.1, -0.05) is 97.1 Å². The van der Waals surface area contributed by atoms with Gasteiger partial charge in [-0.15, -0.1) is 0 Å². The molecule has 0 saturated carbocycles. The lowest BCUT2D eigenvalue weighted by atomic mass is 10.0. The fourth-order valence-electron chi connectivity index (χ4n) is 6.75. The van der Waals surface area contributed by atoms with Gasteiger partial charge in [-0.3, -0.25) is 0 Å². The second-order valence-electron chi connectivity index (χ2n) is 11.0. The zero-order valence-corrected chi connectivity index (χ0v) is 22.9. The molecule has 2 nitrogen and oxygen atoms in total. The maximum atomic E-state index is 2.41. The van der Waals surface area contributed by atoms with Gasteiger partial charge >= 0.3 is 0 Å². The molecule has 0 aliphatic heterocycles. The summed E-state index contributed by atoms with van der Waals surface area (Å²) in [6.45, 7) is 0. The van der Waals surface area contributed by atoms with Gasteiger partial charge in [-0.2, -0.15) is 0 Å². The number of hydrogen-bond acceptors (Lipinski definition) is 0. The normalized spacial score (nSPS) is 11.8. The Labute approximate surface area is 243 Å². The number of fused-ring (bicyclic) bond motifs is 7. The van der Waals surface area contributed by atoms with Crippen LogP contribution in [0.4, 0.5) is 0 Å². The zero-order valence-electron chi connectivity index (χ0n) is 22.9. The third kappa shape index (κ3) is 3.39. The van der Waals surface area contributed by atoms with Crippen molar-refractivity contribution in [3.05, 3.63) is 158 Å². The van der Waals surface area contributed by atoms with E-state index in [0.717, 1.165) is 0 Å². The highest BCUT2D eigenvalue weighted by Gasteiger charge is 2.16. The highest BCUT2D eigenvalue weighted by atomic mass is 15.0. The number of rotatable bonds is 3. The number of hydrogen-bond donors (Lipinski definition) is 0. The predicted molar refractivity (Wildman–Crippen MR) is 178 cm³/mol. The largest absolute Gasteiger partial charge is 0.309 e. The summed E-state index contributed by atoms with van der Waals surface area (Å²) in [5.41, 5.74) is 9.71. The first-order valence-electron chi connectivity index (χ1n) is 14.4. The lowest BCUT2D eigenvalue weighted by Gasteiger charge is -2.11. The Hall–Kier alpha value is -5.60. The van der Waals surface area contributed by atoms with Crippen LogP contribution in [0.2, 0.25) is 0 Å². The smallest absolute Gasteiger partial charge is 0.0547 e. The molecule has 0 spiro atoms. The van der Waals surface area contributed by atoms with Crippen LogP contribution >= 0.6 is 0 Å². The summed E-state index contributed by atoms with van der Waals surface area (Å²) in [6, 6.07) is 57.2. The summed E-state index contributed by atoms with van der Waals surface area (Å²) in [5.74, 6) is 0. The van der Waals surface area contributed by atoms with Gasteiger partial charge in [0.25, 0.3) is 0 Å². The Balaban J connectivity index is 1.32. The Morgan fingerprint density at radius 2 is 0.714 bits per heavy atom. The molecule has 0 aliphatic rings. The van der Waals surface area contributed by atoms with Gasteiger partial charge in [0, 0.05) is 32.9 Å². The minimum Gasteiger partial charge on any atom is -0.309 e. The van der Waals surface area contributed by atoms with Crippen LogP contribution < -0.4 is 0 Å². The third-order valence-corrected chi connectivity index (χ3v) is 8.67. The van der Waals surface area contributed by atoms with E-state index in [0.29, 0.717) is 0 Å². The van der Waals surface area contributed by atoms with Crippen LogP contribution in [0, 0.1) is 0 Å². The molecule has 42 heavy (non-hydrogen) atoms. The highest BCUT2D eigenvalue weighted by molar-refractivity contribution is 6.18. The highest BCUT2D eigenvalue weighted by Crippen LogP contribution is 2.39. The maximum absolute atomic E-state index is 2.41. The van der Waals surface area contributed by atoms with Crippen molar-refractivity contribution in [3.63, 3.8) is 0 Å². The molecule has 9 aromatic rings. The third-order valence-electron chi connectivity index (χ3n) is 8.67. The summed E-state index contributed by atoms with van der Waals surface area (Å²) in [4.78, 5) is 0. The van der Waals surface area contributed by atoms with E-state index >= 15 is 0 Å². The minimum absolute atomic E-state index is 1.17. The van der Waals surface area contributed by atoms with E-state index in [1.807, 2.05) is 0 Å². The Kier molecular flexibility index (Phi) is 4.93. The van der Waals surface area contributed by atoms with Gasteiger partial charge in [0.15, 0.2) is 0 Å². The van der Waals surface area contributed by atoms with Crippen molar-refractivity contribution in [2.45, 2.75) is 0 Å². The van der Waals surface area contributed by atoms with Crippen LogP contribution in [0.5, 0.6) is 0 Å². The van der Waals surface area contributed by atoms with E-state index in [4.69, 9.17) is 0 Å². The standard InChI is InChI=1S/C40H26N2/c1-3-11-27(12-4-1)28-19-21-32(22-20-28)42-38-18-10-8-16-34(38)36-24-29-25-39-35(23-30(29)26-40(36)42)33-15-7-9-17-37(33)41(39)31-13-5-2-6-14-31/h1-26H. The fourth-order valence-corrected chi connectivity index (χ4v) is 6.75. The first-order chi connectivity index (χ1) is 20.8. The molecule has 0 atom stereocenters. The molecule has 0 fully saturated rings. The first-order valence-corrected chi connectivity index (χ1v) is 14.4. The molecule has 0 aliphatic carbocycles. The van der Waals surface area contributed by atoms with Crippen LogP contribution in [0.15, 0.2) is 158 Å². The Morgan fingerprint density at radius 3 is 1.26 bits per heavy atom. The van der Waals surface area contributed by atoms with Crippen molar-refractivity contribution in [3.8, 4) is 22.5 Å². The average molecular weight is 535 g/mol. The lowest BCUT2D eigenvalue weighted by Crippen LogP contribution is -1.94. The maximum Gasteiger partial charge on any atom is 0.0547 e. The van der Waals surface area contributed by atoms with Gasteiger partial charge in [0.1, 0.15) is 0 Å². The summed E-state index contributed by atoms with van der Waals surface area (Å²) < 4.78 is 4.81. The first kappa shape index (κ1) is 23.1. The summed E-state index contributed by atoms with van der Waals surface area (Å²) in [5, 5.41) is 7.58. The second-order valence-corrected chi connectivity index (χ2v) is 11.0. The molecule has 0 radical (unpaired) electrons. The molecule has 0 unspecified atom stereocenters. The van der Waals surface area contributed by atoms with Crippen LogP contribution in [-0.4, -0.2) is 9.13 Å². The van der Waals surface area contributed by atoms with Crippen molar-refractivity contribution in [1.29, 1.82) is 0 Å². The summed E-state index contributed by atoms with van der Waals surface area (Å²) >= 11 is 0. The van der Waals surface area contributed by atoms with E-state index in [1.54, 1.807) is 0 Å². The molecule has 7 aromatic carbocycles. The molecular weight excluding hydrogens is 508 g/mol. The SMILES string of the molecule is c1ccc(-c2ccc(-n3c4ccccc4c4cc5cc6c(cc5cc43)c3ccccc3n6-c3ccccc3)cc2)cc1. The van der Waals surface area contributed by atoms with E-state index < -0.39 is 0 Å². The summed E-state index contributed by atoms with van der Waals surface area (Å²) in [7, 11) is 0.